The van der Waals surface area contributed by atoms with Crippen molar-refractivity contribution in [1.29, 1.82) is 0 Å². The van der Waals surface area contributed by atoms with E-state index in [1.807, 2.05) is 55.5 Å². The van der Waals surface area contributed by atoms with Crippen molar-refractivity contribution in [3.05, 3.63) is 156 Å². The lowest BCUT2D eigenvalue weighted by molar-refractivity contribution is 0.157. The first-order valence-corrected chi connectivity index (χ1v) is 11.1. The Hall–Kier alpha value is -3.46. The minimum absolute atomic E-state index is 0.326. The van der Waals surface area contributed by atoms with Crippen LogP contribution in [0.2, 0.25) is 0 Å². The lowest BCUT2D eigenvalue weighted by Gasteiger charge is -2.41. The Balaban J connectivity index is 1.98. The van der Waals surface area contributed by atoms with E-state index in [0.29, 0.717) is 0 Å². The number of hydrogen-bond acceptors (Lipinski definition) is 2. The van der Waals surface area contributed by atoms with Crippen LogP contribution in [0.5, 0.6) is 0 Å². The van der Waals surface area contributed by atoms with Crippen LogP contribution in [0.4, 0.5) is 0 Å². The minimum atomic E-state index is -0.696. The third kappa shape index (κ3) is 4.43. The molecule has 160 valence electrons. The molecule has 0 fully saturated rings. The molecule has 0 saturated carbocycles. The van der Waals surface area contributed by atoms with Gasteiger partial charge in [-0.2, -0.15) is 0 Å². The molecule has 0 aliphatic heterocycles. The van der Waals surface area contributed by atoms with E-state index < -0.39 is 11.6 Å². The Bertz CT molecular complexity index is 1010. The van der Waals surface area contributed by atoms with Gasteiger partial charge in [0, 0.05) is 0 Å². The number of hydrogen-bond donors (Lipinski definition) is 2. The number of aliphatic hydroxyl groups excluding tert-OH is 1. The highest BCUT2D eigenvalue weighted by Gasteiger charge is 2.39. The maximum atomic E-state index is 11.2. The molecule has 0 spiro atoms. The maximum absolute atomic E-state index is 11.2. The van der Waals surface area contributed by atoms with Crippen molar-refractivity contribution in [3.63, 3.8) is 0 Å². The molecule has 0 aromatic heterocycles. The van der Waals surface area contributed by atoms with Crippen molar-refractivity contribution in [2.45, 2.75) is 24.6 Å². The van der Waals surface area contributed by atoms with Gasteiger partial charge in [-0.1, -0.05) is 133 Å². The van der Waals surface area contributed by atoms with Gasteiger partial charge in [-0.05, 0) is 29.2 Å². The Kier molecular flexibility index (Phi) is 6.96. The van der Waals surface area contributed by atoms with Crippen molar-refractivity contribution in [2.75, 3.05) is 0 Å². The van der Waals surface area contributed by atoms with Gasteiger partial charge in [0.15, 0.2) is 0 Å². The van der Waals surface area contributed by atoms with Crippen LogP contribution in [0.15, 0.2) is 133 Å². The number of allylic oxidation sites excluding steroid dienone is 1. The summed E-state index contributed by atoms with van der Waals surface area (Å²) in [6.45, 7) is 1.93. The molecule has 0 radical (unpaired) electrons. The molecule has 4 rings (SSSR count). The first-order valence-electron chi connectivity index (χ1n) is 11.1. The van der Waals surface area contributed by atoms with E-state index in [9.17, 15) is 5.11 Å². The van der Waals surface area contributed by atoms with Crippen LogP contribution in [0.1, 0.15) is 35.2 Å². The Morgan fingerprint density at radius 1 is 0.625 bits per heavy atom. The van der Waals surface area contributed by atoms with Gasteiger partial charge in [-0.3, -0.25) is 5.32 Å². The van der Waals surface area contributed by atoms with Gasteiger partial charge in [0.2, 0.25) is 0 Å². The average molecular weight is 420 g/mol. The summed E-state index contributed by atoms with van der Waals surface area (Å²) in [4.78, 5) is 0. The van der Waals surface area contributed by atoms with Gasteiger partial charge in [-0.25, -0.2) is 0 Å². The van der Waals surface area contributed by atoms with E-state index in [0.717, 1.165) is 22.3 Å². The molecular weight excluding hydrogens is 390 g/mol. The predicted molar refractivity (Wildman–Crippen MR) is 132 cm³/mol. The van der Waals surface area contributed by atoms with Crippen LogP contribution >= 0.6 is 0 Å². The van der Waals surface area contributed by atoms with Gasteiger partial charge in [0.1, 0.15) is 0 Å². The molecule has 2 nitrogen and oxygen atoms in total. The quantitative estimate of drug-likeness (QED) is 0.261. The normalized spacial score (nSPS) is 13.7. The first-order chi connectivity index (χ1) is 15.8. The average Bonchev–Trinajstić information content (AvgIpc) is 2.87. The second-order valence-electron chi connectivity index (χ2n) is 7.90. The molecule has 0 heterocycles. The van der Waals surface area contributed by atoms with E-state index in [1.165, 1.54) is 0 Å². The lowest BCUT2D eigenvalue weighted by atomic mass is 9.75. The number of rotatable bonds is 8. The molecule has 2 unspecified atom stereocenters. The summed E-state index contributed by atoms with van der Waals surface area (Å²) in [6.07, 6.45) is 3.05. The Morgan fingerprint density at radius 2 is 1.00 bits per heavy atom. The van der Waals surface area contributed by atoms with Crippen molar-refractivity contribution >= 4 is 0 Å². The number of benzene rings is 4. The number of aliphatic hydroxyl groups is 1. The summed E-state index contributed by atoms with van der Waals surface area (Å²) in [5.41, 5.74) is 3.72. The summed E-state index contributed by atoms with van der Waals surface area (Å²) in [6, 6.07) is 41.2. The van der Waals surface area contributed by atoms with Gasteiger partial charge in [-0.15, -0.1) is 0 Å². The van der Waals surface area contributed by atoms with Crippen molar-refractivity contribution in [1.82, 2.24) is 5.32 Å². The lowest BCUT2D eigenvalue weighted by Crippen LogP contribution is -2.49. The highest BCUT2D eigenvalue weighted by Crippen LogP contribution is 2.39. The molecule has 0 bridgehead atoms. The third-order valence-electron chi connectivity index (χ3n) is 5.88. The number of nitrogens with one attached hydrogen (secondary N) is 1. The second kappa shape index (κ2) is 10.2. The highest BCUT2D eigenvalue weighted by molar-refractivity contribution is 5.50. The second-order valence-corrected chi connectivity index (χ2v) is 7.90. The fourth-order valence-corrected chi connectivity index (χ4v) is 4.38. The SMILES string of the molecule is CC=CC(O)C(NC(c1ccccc1)(c1ccccc1)c1ccccc1)c1ccccc1. The topological polar surface area (TPSA) is 32.3 Å². The molecule has 2 atom stereocenters. The summed E-state index contributed by atoms with van der Waals surface area (Å²) >= 11 is 0. The third-order valence-corrected chi connectivity index (χ3v) is 5.88. The van der Waals surface area contributed by atoms with Crippen LogP contribution < -0.4 is 5.32 Å². The zero-order chi connectivity index (χ0) is 22.2. The molecule has 2 N–H and O–H groups in total. The van der Waals surface area contributed by atoms with Crippen LogP contribution in [-0.4, -0.2) is 11.2 Å². The van der Waals surface area contributed by atoms with E-state index >= 15 is 0 Å². The van der Waals surface area contributed by atoms with Crippen LogP contribution in [0.25, 0.3) is 0 Å². The zero-order valence-electron chi connectivity index (χ0n) is 18.3. The minimum Gasteiger partial charge on any atom is -0.387 e. The fraction of sp³-hybridized carbons (Fsp3) is 0.133. The van der Waals surface area contributed by atoms with Gasteiger partial charge in [0.05, 0.1) is 17.7 Å². The van der Waals surface area contributed by atoms with E-state index in [2.05, 4.69) is 90.2 Å². The van der Waals surface area contributed by atoms with Crippen LogP contribution in [0, 0.1) is 0 Å². The smallest absolute Gasteiger partial charge is 0.0953 e. The van der Waals surface area contributed by atoms with Gasteiger partial charge >= 0.3 is 0 Å². The predicted octanol–water partition coefficient (Wildman–Crippen LogP) is 6.25. The fourth-order valence-electron chi connectivity index (χ4n) is 4.38. The summed E-state index contributed by atoms with van der Waals surface area (Å²) < 4.78 is 0. The standard InChI is InChI=1S/C30H29NO/c1-2-15-28(32)29(24-16-7-3-8-17-24)31-30(25-18-9-4-10-19-25,26-20-11-5-12-21-26)27-22-13-6-14-23-27/h2-23,28-29,31-32H,1H3. The van der Waals surface area contributed by atoms with Crippen LogP contribution in [0.3, 0.4) is 0 Å². The molecule has 32 heavy (non-hydrogen) atoms. The van der Waals surface area contributed by atoms with Crippen molar-refractivity contribution in [3.8, 4) is 0 Å². The van der Waals surface area contributed by atoms with Gasteiger partial charge in [0.25, 0.3) is 0 Å². The molecule has 2 heteroatoms. The molecule has 0 amide bonds. The molecule has 4 aromatic carbocycles. The molecule has 4 aromatic rings. The highest BCUT2D eigenvalue weighted by atomic mass is 16.3. The van der Waals surface area contributed by atoms with Crippen LogP contribution in [-0.2, 0) is 5.54 Å². The maximum Gasteiger partial charge on any atom is 0.0953 e. The monoisotopic (exact) mass is 419 g/mol. The zero-order valence-corrected chi connectivity index (χ0v) is 18.3. The van der Waals surface area contributed by atoms with E-state index in [1.54, 1.807) is 0 Å². The van der Waals surface area contributed by atoms with Crippen molar-refractivity contribution < 1.29 is 5.11 Å². The summed E-state index contributed by atoms with van der Waals surface area (Å²) in [7, 11) is 0. The molecule has 0 saturated heterocycles. The Morgan fingerprint density at radius 3 is 1.38 bits per heavy atom. The molecule has 0 aliphatic rings. The first kappa shape index (κ1) is 21.8. The molecule has 0 aliphatic carbocycles. The van der Waals surface area contributed by atoms with E-state index in [4.69, 9.17) is 0 Å². The Labute approximate surface area is 190 Å². The van der Waals surface area contributed by atoms with E-state index in [-0.39, 0.29) is 6.04 Å². The summed E-state index contributed by atoms with van der Waals surface area (Å²) in [5.74, 6) is 0. The van der Waals surface area contributed by atoms with Crippen molar-refractivity contribution in [2.24, 2.45) is 0 Å². The molecular formula is C30H29NO. The van der Waals surface area contributed by atoms with Gasteiger partial charge < -0.3 is 5.11 Å². The largest absolute Gasteiger partial charge is 0.387 e. The summed E-state index contributed by atoms with van der Waals surface area (Å²) in [5, 5.41) is 15.1.